The van der Waals surface area contributed by atoms with Crippen LogP contribution in [0.2, 0.25) is 0 Å². The third-order valence-electron chi connectivity index (χ3n) is 2.39. The molecule has 0 spiro atoms. The molecule has 0 unspecified atom stereocenters. The fourth-order valence-electron chi connectivity index (χ4n) is 1.51. The molecule has 2 nitrogen and oxygen atoms in total. The molecule has 0 aliphatic heterocycles. The SMILES string of the molecule is CC(=O)c1ccccc1Oc1ccc(Br)c(F)c1. The van der Waals surface area contributed by atoms with E-state index in [0.717, 1.165) is 0 Å². The van der Waals surface area contributed by atoms with E-state index in [1.54, 1.807) is 36.4 Å². The molecule has 0 aliphatic rings. The summed E-state index contributed by atoms with van der Waals surface area (Å²) in [5.41, 5.74) is 0.473. The number of hydrogen-bond acceptors (Lipinski definition) is 2. The van der Waals surface area contributed by atoms with Crippen molar-refractivity contribution in [3.8, 4) is 11.5 Å². The summed E-state index contributed by atoms with van der Waals surface area (Å²) in [6.07, 6.45) is 0. The number of carbonyl (C=O) groups is 1. The van der Waals surface area contributed by atoms with Gasteiger partial charge in [-0.05, 0) is 47.1 Å². The van der Waals surface area contributed by atoms with E-state index >= 15 is 0 Å². The maximum Gasteiger partial charge on any atom is 0.163 e. The smallest absolute Gasteiger partial charge is 0.163 e. The van der Waals surface area contributed by atoms with E-state index in [1.165, 1.54) is 13.0 Å². The summed E-state index contributed by atoms with van der Waals surface area (Å²) in [5.74, 6) is 0.270. The molecule has 4 heteroatoms. The average Bonchev–Trinajstić information content (AvgIpc) is 2.34. The average molecular weight is 309 g/mol. The third-order valence-corrected chi connectivity index (χ3v) is 3.03. The van der Waals surface area contributed by atoms with Crippen molar-refractivity contribution >= 4 is 21.7 Å². The van der Waals surface area contributed by atoms with Crippen molar-refractivity contribution in [2.75, 3.05) is 0 Å². The minimum absolute atomic E-state index is 0.0943. The van der Waals surface area contributed by atoms with Crippen LogP contribution in [0.1, 0.15) is 17.3 Å². The topological polar surface area (TPSA) is 26.3 Å². The molecule has 2 aromatic carbocycles. The van der Waals surface area contributed by atoms with Crippen molar-refractivity contribution in [3.05, 3.63) is 58.3 Å². The third kappa shape index (κ3) is 2.76. The Bertz CT molecular complexity index is 596. The highest BCUT2D eigenvalue weighted by molar-refractivity contribution is 9.10. The Morgan fingerprint density at radius 2 is 1.94 bits per heavy atom. The van der Waals surface area contributed by atoms with Crippen molar-refractivity contribution in [1.82, 2.24) is 0 Å². The van der Waals surface area contributed by atoms with Crippen LogP contribution in [0.15, 0.2) is 46.9 Å². The number of ether oxygens (including phenoxy) is 1. The van der Waals surface area contributed by atoms with Gasteiger partial charge >= 0.3 is 0 Å². The Kier molecular flexibility index (Phi) is 3.77. The number of ketones is 1. The van der Waals surface area contributed by atoms with Crippen LogP contribution in [-0.4, -0.2) is 5.78 Å². The van der Waals surface area contributed by atoms with Crippen molar-refractivity contribution in [2.24, 2.45) is 0 Å². The van der Waals surface area contributed by atoms with Gasteiger partial charge in [0.2, 0.25) is 0 Å². The van der Waals surface area contributed by atoms with E-state index in [4.69, 9.17) is 4.74 Å². The summed E-state index contributed by atoms with van der Waals surface area (Å²) in [6.45, 7) is 1.46. The van der Waals surface area contributed by atoms with Crippen LogP contribution >= 0.6 is 15.9 Å². The van der Waals surface area contributed by atoms with Gasteiger partial charge in [-0.25, -0.2) is 4.39 Å². The fraction of sp³-hybridized carbons (Fsp3) is 0.0714. The molecule has 0 fully saturated rings. The zero-order valence-electron chi connectivity index (χ0n) is 9.61. The molecule has 2 aromatic rings. The monoisotopic (exact) mass is 308 g/mol. The number of Topliss-reactive ketones (excluding diaryl/α,β-unsaturated/α-hetero) is 1. The molecule has 2 rings (SSSR count). The highest BCUT2D eigenvalue weighted by Gasteiger charge is 2.09. The number of rotatable bonds is 3. The van der Waals surface area contributed by atoms with E-state index in [0.29, 0.717) is 21.5 Å². The molecule has 0 aromatic heterocycles. The molecule has 0 N–H and O–H groups in total. The Labute approximate surface area is 113 Å². The maximum absolute atomic E-state index is 13.3. The van der Waals surface area contributed by atoms with Gasteiger partial charge in [0.15, 0.2) is 5.78 Å². The number of halogens is 2. The zero-order chi connectivity index (χ0) is 13.1. The first-order valence-corrected chi connectivity index (χ1v) is 6.10. The van der Waals surface area contributed by atoms with Crippen molar-refractivity contribution in [2.45, 2.75) is 6.92 Å². The van der Waals surface area contributed by atoms with Crippen LogP contribution < -0.4 is 4.74 Å². The summed E-state index contributed by atoms with van der Waals surface area (Å²) in [4.78, 5) is 11.4. The Hall–Kier alpha value is -1.68. The highest BCUT2D eigenvalue weighted by Crippen LogP contribution is 2.28. The lowest BCUT2D eigenvalue weighted by Gasteiger charge is -2.09. The molecule has 0 heterocycles. The first-order valence-electron chi connectivity index (χ1n) is 5.31. The van der Waals surface area contributed by atoms with E-state index in [1.807, 2.05) is 0 Å². The fourth-order valence-corrected chi connectivity index (χ4v) is 1.76. The van der Waals surface area contributed by atoms with E-state index < -0.39 is 5.82 Å². The van der Waals surface area contributed by atoms with Gasteiger partial charge in [-0.2, -0.15) is 0 Å². The molecule has 0 aliphatic carbocycles. The Balaban J connectivity index is 2.34. The first kappa shape index (κ1) is 12.8. The molecule has 92 valence electrons. The van der Waals surface area contributed by atoms with Crippen LogP contribution in [-0.2, 0) is 0 Å². The van der Waals surface area contributed by atoms with Gasteiger partial charge in [-0.3, -0.25) is 4.79 Å². The van der Waals surface area contributed by atoms with Crippen LogP contribution in [0.4, 0.5) is 4.39 Å². The van der Waals surface area contributed by atoms with Gasteiger partial charge in [0, 0.05) is 6.07 Å². The lowest BCUT2D eigenvalue weighted by Crippen LogP contribution is -1.96. The van der Waals surface area contributed by atoms with Crippen molar-refractivity contribution in [3.63, 3.8) is 0 Å². The van der Waals surface area contributed by atoms with Crippen LogP contribution in [0.25, 0.3) is 0 Å². The van der Waals surface area contributed by atoms with Gasteiger partial charge in [-0.1, -0.05) is 12.1 Å². The normalized spacial score (nSPS) is 10.2. The maximum atomic E-state index is 13.3. The summed E-state index contributed by atoms with van der Waals surface area (Å²) >= 11 is 3.07. The van der Waals surface area contributed by atoms with Crippen LogP contribution in [0.3, 0.4) is 0 Å². The molecule has 0 radical (unpaired) electrons. The molecule has 18 heavy (non-hydrogen) atoms. The zero-order valence-corrected chi connectivity index (χ0v) is 11.2. The second-order valence-corrected chi connectivity index (χ2v) is 4.58. The molecule has 0 atom stereocenters. The number of para-hydroxylation sites is 1. The molecular formula is C14H10BrFO2. The summed E-state index contributed by atoms with van der Waals surface area (Å²) in [7, 11) is 0. The minimum atomic E-state index is -0.409. The largest absolute Gasteiger partial charge is 0.457 e. The summed E-state index contributed by atoms with van der Waals surface area (Å²) in [5, 5.41) is 0. The lowest BCUT2D eigenvalue weighted by atomic mass is 10.1. The molecule has 0 amide bonds. The molecule has 0 bridgehead atoms. The Morgan fingerprint density at radius 3 is 2.61 bits per heavy atom. The van der Waals surface area contributed by atoms with Crippen LogP contribution in [0, 0.1) is 5.82 Å². The van der Waals surface area contributed by atoms with Gasteiger partial charge < -0.3 is 4.74 Å². The predicted octanol–water partition coefficient (Wildman–Crippen LogP) is 4.58. The van der Waals surface area contributed by atoms with Gasteiger partial charge in [0.1, 0.15) is 17.3 Å². The molecule has 0 saturated carbocycles. The standard InChI is InChI=1S/C14H10BrFO2/c1-9(17)11-4-2-3-5-14(11)18-10-6-7-12(15)13(16)8-10/h2-8H,1H3. The van der Waals surface area contributed by atoms with Gasteiger partial charge in [-0.15, -0.1) is 0 Å². The quantitative estimate of drug-likeness (QED) is 0.776. The van der Waals surface area contributed by atoms with Gasteiger partial charge in [0.25, 0.3) is 0 Å². The van der Waals surface area contributed by atoms with Crippen LogP contribution in [0.5, 0.6) is 11.5 Å². The number of carbonyl (C=O) groups excluding carboxylic acids is 1. The lowest BCUT2D eigenvalue weighted by molar-refractivity contribution is 0.101. The summed E-state index contributed by atoms with van der Waals surface area (Å²) in [6, 6.07) is 11.3. The highest BCUT2D eigenvalue weighted by atomic mass is 79.9. The molecular weight excluding hydrogens is 299 g/mol. The van der Waals surface area contributed by atoms with E-state index in [9.17, 15) is 9.18 Å². The van der Waals surface area contributed by atoms with Gasteiger partial charge in [0.05, 0.1) is 10.0 Å². The second-order valence-electron chi connectivity index (χ2n) is 3.73. The van der Waals surface area contributed by atoms with E-state index in [2.05, 4.69) is 15.9 Å². The van der Waals surface area contributed by atoms with Crippen molar-refractivity contribution < 1.29 is 13.9 Å². The minimum Gasteiger partial charge on any atom is -0.457 e. The summed E-state index contributed by atoms with van der Waals surface area (Å²) < 4.78 is 19.2. The second kappa shape index (κ2) is 5.31. The first-order chi connectivity index (χ1) is 8.58. The predicted molar refractivity (Wildman–Crippen MR) is 70.6 cm³/mol. The van der Waals surface area contributed by atoms with E-state index in [-0.39, 0.29) is 5.78 Å². The Morgan fingerprint density at radius 1 is 1.22 bits per heavy atom. The molecule has 0 saturated heterocycles. The number of benzene rings is 2. The van der Waals surface area contributed by atoms with Crippen molar-refractivity contribution in [1.29, 1.82) is 0 Å². The number of hydrogen-bond donors (Lipinski definition) is 0.